The highest BCUT2D eigenvalue weighted by molar-refractivity contribution is 6.74. The first-order chi connectivity index (χ1) is 8.22. The Bertz CT molecular complexity index is 448. The normalized spacial score (nSPS) is 19.8. The molecular formula is C15H25NOSi. The van der Waals surface area contributed by atoms with Crippen molar-refractivity contribution in [2.45, 2.75) is 57.8 Å². The Labute approximate surface area is 112 Å². The number of nitrogens with two attached hydrogens (primary N) is 1. The molecule has 2 N–H and O–H groups in total. The molecule has 0 aliphatic heterocycles. The van der Waals surface area contributed by atoms with Gasteiger partial charge in [-0.15, -0.1) is 0 Å². The highest BCUT2D eigenvalue weighted by atomic mass is 28.4. The molecule has 0 aromatic heterocycles. The molecule has 0 bridgehead atoms. The van der Waals surface area contributed by atoms with E-state index in [0.717, 1.165) is 18.6 Å². The molecule has 2 rings (SSSR count). The van der Waals surface area contributed by atoms with E-state index in [9.17, 15) is 0 Å². The standard InChI is InChI=1S/C15H25NOSi/c1-15(2,3)18(4,5)17-14-8-6-7-11-12(14)9-10-13(11)16/h6-8,13H,9-10,16H2,1-5H3. The van der Waals surface area contributed by atoms with Crippen LogP contribution in [0.3, 0.4) is 0 Å². The number of rotatable bonds is 2. The van der Waals surface area contributed by atoms with Crippen molar-refractivity contribution < 1.29 is 4.43 Å². The highest BCUT2D eigenvalue weighted by Crippen LogP contribution is 2.41. The van der Waals surface area contributed by atoms with E-state index in [-0.39, 0.29) is 11.1 Å². The zero-order valence-corrected chi connectivity index (χ0v) is 13.2. The Hall–Kier alpha value is -0.803. The first-order valence-corrected chi connectivity index (χ1v) is 9.69. The van der Waals surface area contributed by atoms with Crippen LogP contribution in [0.5, 0.6) is 5.75 Å². The molecule has 2 nitrogen and oxygen atoms in total. The third-order valence-electron chi connectivity index (χ3n) is 4.45. The van der Waals surface area contributed by atoms with Crippen LogP contribution in [0.1, 0.15) is 44.4 Å². The Morgan fingerprint density at radius 3 is 2.56 bits per heavy atom. The molecule has 0 fully saturated rings. The van der Waals surface area contributed by atoms with Crippen LogP contribution >= 0.6 is 0 Å². The summed E-state index contributed by atoms with van der Waals surface area (Å²) in [5, 5.41) is 0.233. The van der Waals surface area contributed by atoms with Gasteiger partial charge >= 0.3 is 0 Å². The van der Waals surface area contributed by atoms with Gasteiger partial charge in [0.1, 0.15) is 5.75 Å². The summed E-state index contributed by atoms with van der Waals surface area (Å²) in [7, 11) is -1.75. The Kier molecular flexibility index (Phi) is 3.32. The summed E-state index contributed by atoms with van der Waals surface area (Å²) >= 11 is 0. The third kappa shape index (κ3) is 2.34. The third-order valence-corrected chi connectivity index (χ3v) is 8.79. The van der Waals surface area contributed by atoms with Gasteiger partial charge in [-0.05, 0) is 48.2 Å². The fourth-order valence-electron chi connectivity index (χ4n) is 2.18. The average Bonchev–Trinajstić information content (AvgIpc) is 2.60. The minimum atomic E-state index is -1.75. The minimum Gasteiger partial charge on any atom is -0.543 e. The number of benzene rings is 1. The van der Waals surface area contributed by atoms with Gasteiger partial charge in [0, 0.05) is 6.04 Å². The predicted molar refractivity (Wildman–Crippen MR) is 79.5 cm³/mol. The summed E-state index contributed by atoms with van der Waals surface area (Å²) < 4.78 is 6.44. The molecule has 1 unspecified atom stereocenters. The van der Waals surface area contributed by atoms with Crippen molar-refractivity contribution in [1.29, 1.82) is 0 Å². The largest absolute Gasteiger partial charge is 0.543 e. The topological polar surface area (TPSA) is 35.2 Å². The molecule has 1 aromatic carbocycles. The van der Waals surface area contributed by atoms with E-state index in [1.807, 2.05) is 0 Å². The van der Waals surface area contributed by atoms with E-state index < -0.39 is 8.32 Å². The fraction of sp³-hybridized carbons (Fsp3) is 0.600. The molecular weight excluding hydrogens is 238 g/mol. The van der Waals surface area contributed by atoms with Crippen molar-refractivity contribution in [3.05, 3.63) is 29.3 Å². The van der Waals surface area contributed by atoms with Crippen LogP contribution in [0.2, 0.25) is 18.1 Å². The fourth-order valence-corrected chi connectivity index (χ4v) is 3.22. The summed E-state index contributed by atoms with van der Waals surface area (Å²) in [6.07, 6.45) is 2.11. The zero-order chi connectivity index (χ0) is 13.6. The van der Waals surface area contributed by atoms with Crippen LogP contribution in [-0.4, -0.2) is 8.32 Å². The molecule has 1 atom stereocenters. The van der Waals surface area contributed by atoms with Crippen molar-refractivity contribution in [3.63, 3.8) is 0 Å². The predicted octanol–water partition coefficient (Wildman–Crippen LogP) is 4.02. The van der Waals surface area contributed by atoms with Gasteiger partial charge in [0.05, 0.1) is 0 Å². The van der Waals surface area contributed by atoms with Gasteiger partial charge < -0.3 is 10.2 Å². The Morgan fingerprint density at radius 2 is 1.94 bits per heavy atom. The minimum absolute atomic E-state index is 0.197. The molecule has 1 aliphatic carbocycles. The molecule has 0 spiro atoms. The lowest BCUT2D eigenvalue weighted by atomic mass is 10.1. The van der Waals surface area contributed by atoms with Crippen LogP contribution in [0, 0.1) is 0 Å². The molecule has 100 valence electrons. The van der Waals surface area contributed by atoms with Crippen LogP contribution < -0.4 is 10.2 Å². The highest BCUT2D eigenvalue weighted by Gasteiger charge is 2.39. The first kappa shape index (κ1) is 13.6. The quantitative estimate of drug-likeness (QED) is 0.818. The molecule has 0 radical (unpaired) electrons. The second-order valence-corrected chi connectivity index (χ2v) is 11.6. The van der Waals surface area contributed by atoms with Crippen molar-refractivity contribution in [3.8, 4) is 5.75 Å². The van der Waals surface area contributed by atoms with Crippen molar-refractivity contribution in [2.75, 3.05) is 0 Å². The van der Waals surface area contributed by atoms with E-state index in [4.69, 9.17) is 10.2 Å². The second kappa shape index (κ2) is 4.39. The van der Waals surface area contributed by atoms with Gasteiger partial charge in [0.2, 0.25) is 8.32 Å². The monoisotopic (exact) mass is 263 g/mol. The van der Waals surface area contributed by atoms with Gasteiger partial charge in [-0.25, -0.2) is 0 Å². The maximum Gasteiger partial charge on any atom is 0.250 e. The summed E-state index contributed by atoms with van der Waals surface area (Å²) in [6, 6.07) is 6.53. The van der Waals surface area contributed by atoms with Gasteiger partial charge in [-0.2, -0.15) is 0 Å². The SMILES string of the molecule is CC(C)(C)[Si](C)(C)Oc1cccc2c1CCC2N. The van der Waals surface area contributed by atoms with Gasteiger partial charge in [0.15, 0.2) is 0 Å². The number of hydrogen-bond acceptors (Lipinski definition) is 2. The smallest absolute Gasteiger partial charge is 0.250 e. The summed E-state index contributed by atoms with van der Waals surface area (Å²) in [5.41, 5.74) is 8.75. The van der Waals surface area contributed by atoms with Crippen molar-refractivity contribution in [2.24, 2.45) is 5.73 Å². The zero-order valence-electron chi connectivity index (χ0n) is 12.2. The lowest BCUT2D eigenvalue weighted by molar-refractivity contribution is 0.488. The second-order valence-electron chi connectivity index (χ2n) is 6.83. The summed E-state index contributed by atoms with van der Waals surface area (Å²) in [5.74, 6) is 1.08. The molecule has 1 aromatic rings. The van der Waals surface area contributed by atoms with Gasteiger partial charge in [0.25, 0.3) is 0 Å². The van der Waals surface area contributed by atoms with Gasteiger partial charge in [-0.1, -0.05) is 32.9 Å². The number of hydrogen-bond donors (Lipinski definition) is 1. The average molecular weight is 263 g/mol. The van der Waals surface area contributed by atoms with E-state index >= 15 is 0 Å². The van der Waals surface area contributed by atoms with Crippen LogP contribution in [-0.2, 0) is 6.42 Å². The Morgan fingerprint density at radius 1 is 1.28 bits per heavy atom. The maximum absolute atomic E-state index is 6.44. The van der Waals surface area contributed by atoms with Crippen LogP contribution in [0.25, 0.3) is 0 Å². The Balaban J connectivity index is 2.32. The summed E-state index contributed by atoms with van der Waals surface area (Å²) in [4.78, 5) is 0. The lowest BCUT2D eigenvalue weighted by Crippen LogP contribution is -2.44. The summed E-state index contributed by atoms with van der Waals surface area (Å²) in [6.45, 7) is 11.4. The molecule has 0 saturated carbocycles. The van der Waals surface area contributed by atoms with Crippen molar-refractivity contribution >= 4 is 8.32 Å². The molecule has 18 heavy (non-hydrogen) atoms. The van der Waals surface area contributed by atoms with E-state index in [1.165, 1.54) is 11.1 Å². The molecule has 0 amide bonds. The maximum atomic E-state index is 6.44. The number of fused-ring (bicyclic) bond motifs is 1. The molecule has 0 saturated heterocycles. The molecule has 3 heteroatoms. The lowest BCUT2D eigenvalue weighted by Gasteiger charge is -2.37. The van der Waals surface area contributed by atoms with Crippen LogP contribution in [0.15, 0.2) is 18.2 Å². The van der Waals surface area contributed by atoms with E-state index in [2.05, 4.69) is 52.1 Å². The first-order valence-electron chi connectivity index (χ1n) is 6.79. The van der Waals surface area contributed by atoms with E-state index in [0.29, 0.717) is 0 Å². The van der Waals surface area contributed by atoms with Crippen LogP contribution in [0.4, 0.5) is 0 Å². The van der Waals surface area contributed by atoms with E-state index in [1.54, 1.807) is 0 Å². The van der Waals surface area contributed by atoms with Gasteiger partial charge in [-0.3, -0.25) is 0 Å². The van der Waals surface area contributed by atoms with Crippen molar-refractivity contribution in [1.82, 2.24) is 0 Å². The molecule has 1 aliphatic rings. The molecule has 0 heterocycles.